The van der Waals surface area contributed by atoms with E-state index in [1.807, 2.05) is 51.9 Å². The SMILES string of the molecule is C#C.CC.Cc1cc2cc(N=C(N)NC(=O)c3ccc(C(=O)N4CC[C@@H](N(C)C)C4)nc3)ccc2o1.O=C(CN1CCCCCC1=O)N1CCCC1. The minimum atomic E-state index is -0.452. The van der Waals surface area contributed by atoms with Crippen LogP contribution in [-0.4, -0.2) is 114 Å². The summed E-state index contributed by atoms with van der Waals surface area (Å²) >= 11 is 0. The molecule has 3 aromatic rings. The summed E-state index contributed by atoms with van der Waals surface area (Å²) in [5.41, 5.74) is 7.85. The van der Waals surface area contributed by atoms with Crippen LogP contribution in [0.3, 0.4) is 0 Å². The molecule has 52 heavy (non-hydrogen) atoms. The van der Waals surface area contributed by atoms with Gasteiger partial charge in [-0.15, -0.1) is 12.8 Å². The molecule has 0 radical (unpaired) electrons. The highest BCUT2D eigenvalue weighted by molar-refractivity contribution is 6.06. The molecule has 3 saturated heterocycles. The van der Waals surface area contributed by atoms with Crippen LogP contribution in [-0.2, 0) is 9.59 Å². The number of terminal acetylenes is 1. The molecule has 2 aromatic heterocycles. The molecule has 280 valence electrons. The largest absolute Gasteiger partial charge is 0.461 e. The minimum absolute atomic E-state index is 0.0403. The highest BCUT2D eigenvalue weighted by Gasteiger charge is 2.29. The molecule has 3 aliphatic rings. The van der Waals surface area contributed by atoms with Crippen LogP contribution in [0.25, 0.3) is 11.0 Å². The number of hydrogen-bond acceptors (Lipinski definition) is 8. The van der Waals surface area contributed by atoms with Crippen molar-refractivity contribution in [2.75, 3.05) is 53.4 Å². The maximum Gasteiger partial charge on any atom is 0.272 e. The third-order valence-corrected chi connectivity index (χ3v) is 9.00. The number of furan rings is 1. The molecule has 3 aliphatic heterocycles. The van der Waals surface area contributed by atoms with E-state index in [1.54, 1.807) is 34.1 Å². The van der Waals surface area contributed by atoms with Crippen molar-refractivity contribution in [2.24, 2.45) is 10.7 Å². The maximum absolute atomic E-state index is 12.7. The second kappa shape index (κ2) is 20.6. The van der Waals surface area contributed by atoms with Crippen LogP contribution in [0.1, 0.15) is 85.4 Å². The van der Waals surface area contributed by atoms with Gasteiger partial charge in [0.25, 0.3) is 11.8 Å². The van der Waals surface area contributed by atoms with Gasteiger partial charge in [0.2, 0.25) is 17.8 Å². The zero-order chi connectivity index (χ0) is 38.2. The predicted molar refractivity (Wildman–Crippen MR) is 204 cm³/mol. The topological polar surface area (TPSA) is 158 Å². The number of rotatable bonds is 6. The van der Waals surface area contributed by atoms with E-state index in [0.29, 0.717) is 43.5 Å². The standard InChI is InChI=1S/C23H26N6O3.C12H20N2O2.C2H6.C2H2/c1-14-10-16-11-17(5-7-20(16)32-14)26-23(24)27-21(30)15-4-6-19(25-12-15)22(31)29-9-8-18(13-29)28(2)3;15-11-6-2-1-3-9-14(11)10-12(16)13-7-4-5-8-13;2*1-2/h4-7,10-12,18H,8-9,13H2,1-3H3,(H3,24,26,27,30);1-10H2;1-2H3;1-2H/t18-;;;/m1.../s1. The van der Waals surface area contributed by atoms with Gasteiger partial charge in [-0.2, -0.15) is 0 Å². The van der Waals surface area contributed by atoms with E-state index in [-0.39, 0.29) is 29.2 Å². The van der Waals surface area contributed by atoms with Crippen molar-refractivity contribution in [3.63, 3.8) is 0 Å². The Bertz CT molecular complexity index is 1690. The monoisotopic (exact) mass is 714 g/mol. The van der Waals surface area contributed by atoms with Crippen LogP contribution in [0.2, 0.25) is 0 Å². The van der Waals surface area contributed by atoms with Crippen LogP contribution in [0.15, 0.2) is 52.0 Å². The van der Waals surface area contributed by atoms with E-state index in [1.165, 1.54) is 6.20 Å². The summed E-state index contributed by atoms with van der Waals surface area (Å²) in [6.45, 7) is 10.1. The van der Waals surface area contributed by atoms with Crippen LogP contribution in [0.4, 0.5) is 5.69 Å². The van der Waals surface area contributed by atoms with Crippen molar-refractivity contribution in [2.45, 2.75) is 71.8 Å². The molecule has 13 heteroatoms. The Kier molecular flexibility index (Phi) is 16.3. The maximum atomic E-state index is 12.7. The number of nitrogens with two attached hydrogens (primary N) is 1. The summed E-state index contributed by atoms with van der Waals surface area (Å²) in [6, 6.07) is 10.8. The molecule has 6 rings (SSSR count). The van der Waals surface area contributed by atoms with Gasteiger partial charge in [0.1, 0.15) is 17.0 Å². The van der Waals surface area contributed by atoms with Crippen molar-refractivity contribution in [3.05, 3.63) is 59.6 Å². The van der Waals surface area contributed by atoms with Crippen LogP contribution < -0.4 is 11.1 Å². The van der Waals surface area contributed by atoms with Gasteiger partial charge in [0.15, 0.2) is 0 Å². The lowest BCUT2D eigenvalue weighted by molar-refractivity contribution is -0.139. The lowest BCUT2D eigenvalue weighted by Crippen LogP contribution is -2.41. The highest BCUT2D eigenvalue weighted by atomic mass is 16.3. The zero-order valence-electron chi connectivity index (χ0n) is 31.3. The lowest BCUT2D eigenvalue weighted by Gasteiger charge is -2.23. The van der Waals surface area contributed by atoms with Crippen molar-refractivity contribution in [3.8, 4) is 12.8 Å². The Morgan fingerprint density at radius 3 is 2.35 bits per heavy atom. The van der Waals surface area contributed by atoms with Gasteiger partial charge in [0, 0.05) is 56.8 Å². The molecule has 4 amide bonds. The summed E-state index contributed by atoms with van der Waals surface area (Å²) in [6.07, 6.45) is 16.3. The van der Waals surface area contributed by atoms with Crippen LogP contribution in [0.5, 0.6) is 0 Å². The fraction of sp³-hybridized carbons (Fsp3) is 0.487. The molecule has 1 aromatic carbocycles. The molecule has 0 saturated carbocycles. The predicted octanol–water partition coefficient (Wildman–Crippen LogP) is 4.58. The number of pyridine rings is 1. The minimum Gasteiger partial charge on any atom is -0.461 e. The second-order valence-corrected chi connectivity index (χ2v) is 12.8. The van der Waals surface area contributed by atoms with E-state index >= 15 is 0 Å². The summed E-state index contributed by atoms with van der Waals surface area (Å²) in [4.78, 5) is 64.7. The van der Waals surface area contributed by atoms with Gasteiger partial charge in [0.05, 0.1) is 17.8 Å². The summed E-state index contributed by atoms with van der Waals surface area (Å²) in [7, 11) is 4.02. The van der Waals surface area contributed by atoms with Gasteiger partial charge in [-0.25, -0.2) is 4.99 Å². The zero-order valence-corrected chi connectivity index (χ0v) is 31.3. The number of carbonyl (C=O) groups is 4. The number of aromatic nitrogens is 1. The number of carbonyl (C=O) groups excluding carboxylic acids is 4. The average Bonchev–Trinajstić information content (AvgIpc) is 3.92. The first kappa shape index (κ1) is 41.2. The first-order chi connectivity index (χ1) is 25.1. The summed E-state index contributed by atoms with van der Waals surface area (Å²) < 4.78 is 5.54. The molecule has 0 aliphatic carbocycles. The summed E-state index contributed by atoms with van der Waals surface area (Å²) in [5, 5.41) is 3.45. The number of likely N-dealkylation sites (N-methyl/N-ethyl adjacent to an activating group) is 1. The number of amides is 4. The van der Waals surface area contributed by atoms with Gasteiger partial charge >= 0.3 is 0 Å². The molecular weight excluding hydrogens is 660 g/mol. The Balaban J connectivity index is 0.000000305. The second-order valence-electron chi connectivity index (χ2n) is 12.8. The fourth-order valence-corrected chi connectivity index (χ4v) is 6.19. The quantitative estimate of drug-likeness (QED) is 0.214. The molecule has 0 spiro atoms. The molecule has 3 N–H and O–H groups in total. The average molecular weight is 715 g/mol. The molecule has 5 heterocycles. The van der Waals surface area contributed by atoms with E-state index in [2.05, 4.69) is 33.0 Å². The van der Waals surface area contributed by atoms with Gasteiger partial charge in [-0.3, -0.25) is 29.5 Å². The number of aliphatic imine (C=N–C) groups is 1. The molecular formula is C39H54N8O5. The first-order valence-corrected chi connectivity index (χ1v) is 18.0. The third-order valence-electron chi connectivity index (χ3n) is 9.00. The first-order valence-electron chi connectivity index (χ1n) is 18.0. The van der Waals surface area contributed by atoms with E-state index in [4.69, 9.17) is 10.2 Å². The number of nitrogens with one attached hydrogen (secondary N) is 1. The van der Waals surface area contributed by atoms with Gasteiger partial charge < -0.3 is 29.8 Å². The van der Waals surface area contributed by atoms with Crippen molar-refractivity contribution in [1.29, 1.82) is 0 Å². The molecule has 1 atom stereocenters. The van der Waals surface area contributed by atoms with E-state index in [0.717, 1.165) is 74.9 Å². The van der Waals surface area contributed by atoms with E-state index < -0.39 is 5.91 Å². The third kappa shape index (κ3) is 11.7. The molecule has 13 nitrogen and oxygen atoms in total. The number of fused-ring (bicyclic) bond motifs is 1. The smallest absolute Gasteiger partial charge is 0.272 e. The van der Waals surface area contributed by atoms with Crippen molar-refractivity contribution in [1.82, 2.24) is 29.9 Å². The summed E-state index contributed by atoms with van der Waals surface area (Å²) in [5.74, 6) is 0.470. The van der Waals surface area contributed by atoms with Crippen LogP contribution in [0, 0.1) is 19.8 Å². The number of likely N-dealkylation sites (tertiary alicyclic amines) is 3. The number of aryl methyl sites for hydroxylation is 1. The van der Waals surface area contributed by atoms with E-state index in [9.17, 15) is 19.2 Å². The normalized spacial score (nSPS) is 17.3. The molecule has 0 unspecified atom stereocenters. The Hall–Kier alpha value is -5.22. The van der Waals surface area contributed by atoms with Gasteiger partial charge in [-0.1, -0.05) is 20.3 Å². The number of nitrogens with zero attached hydrogens (tertiary/aromatic N) is 6. The van der Waals surface area contributed by atoms with Crippen molar-refractivity contribution >= 4 is 46.2 Å². The number of benzene rings is 1. The Morgan fingerprint density at radius 1 is 0.981 bits per heavy atom. The molecule has 3 fully saturated rings. The van der Waals surface area contributed by atoms with Crippen LogP contribution >= 0.6 is 0 Å². The highest BCUT2D eigenvalue weighted by Crippen LogP contribution is 2.24. The number of guanidine groups is 1. The van der Waals surface area contributed by atoms with Gasteiger partial charge in [-0.05, 0) is 89.5 Å². The Morgan fingerprint density at radius 2 is 1.69 bits per heavy atom. The fourth-order valence-electron chi connectivity index (χ4n) is 6.19. The Labute approximate surface area is 307 Å². The molecule has 0 bridgehead atoms. The lowest BCUT2D eigenvalue weighted by atomic mass is 10.2. The van der Waals surface area contributed by atoms with Crippen molar-refractivity contribution < 1.29 is 23.6 Å². The number of hydrogen-bond donors (Lipinski definition) is 2.